The molecule has 0 spiro atoms. The smallest absolute Gasteiger partial charge is 0.231 e. The monoisotopic (exact) mass is 508 g/mol. The van der Waals surface area contributed by atoms with E-state index >= 15 is 0 Å². The molecule has 0 saturated heterocycles. The van der Waals surface area contributed by atoms with E-state index in [-0.39, 0.29) is 19.5 Å². The summed E-state index contributed by atoms with van der Waals surface area (Å²) in [6.07, 6.45) is -0.156. The quantitative estimate of drug-likeness (QED) is 0.407. The first-order valence-corrected chi connectivity index (χ1v) is 12.4. The molecule has 2 aliphatic heterocycles. The minimum atomic E-state index is -0.660. The molecule has 1 N–H and O–H groups in total. The third-order valence-corrected chi connectivity index (χ3v) is 6.51. The van der Waals surface area contributed by atoms with Gasteiger partial charge < -0.3 is 24.2 Å². The summed E-state index contributed by atoms with van der Waals surface area (Å²) in [7, 11) is 0. The molecule has 2 aliphatic rings. The van der Waals surface area contributed by atoms with Crippen molar-refractivity contribution in [2.75, 3.05) is 26.5 Å². The molecule has 3 aromatic rings. The topological polar surface area (TPSA) is 72.8 Å². The van der Waals surface area contributed by atoms with Crippen LogP contribution in [-0.4, -0.2) is 54.4 Å². The molecule has 0 saturated carbocycles. The Kier molecular flexibility index (Phi) is 8.03. The normalized spacial score (nSPS) is 17.2. The second kappa shape index (κ2) is 11.8. The number of aliphatic hydroxyl groups excluding tert-OH is 1. The van der Waals surface area contributed by atoms with Crippen molar-refractivity contribution < 1.29 is 24.2 Å². The average Bonchev–Trinajstić information content (AvgIpc) is 3.55. The first-order chi connectivity index (χ1) is 17.6. The molecule has 8 heteroatoms. The number of benzene rings is 3. The molecule has 7 nitrogen and oxygen atoms in total. The molecule has 2 atom stereocenters. The Morgan fingerprint density at radius 1 is 1.03 bits per heavy atom. The van der Waals surface area contributed by atoms with Gasteiger partial charge in [0.05, 0.1) is 25.0 Å². The Balaban J connectivity index is 1.19. The lowest BCUT2D eigenvalue weighted by molar-refractivity contribution is -0.00648. The molecule has 0 radical (unpaired) electrons. The number of hydrogen-bond donors (Lipinski definition) is 1. The van der Waals surface area contributed by atoms with Gasteiger partial charge in [0, 0.05) is 36.6 Å². The predicted molar refractivity (Wildman–Crippen MR) is 137 cm³/mol. The summed E-state index contributed by atoms with van der Waals surface area (Å²) < 4.78 is 16.7. The third kappa shape index (κ3) is 6.36. The van der Waals surface area contributed by atoms with Gasteiger partial charge in [-0.2, -0.15) is 0 Å². The summed E-state index contributed by atoms with van der Waals surface area (Å²) in [5.41, 5.74) is 3.88. The van der Waals surface area contributed by atoms with Crippen LogP contribution in [0.2, 0.25) is 5.02 Å². The van der Waals surface area contributed by atoms with Crippen LogP contribution in [0.15, 0.2) is 78.0 Å². The highest BCUT2D eigenvalue weighted by molar-refractivity contribution is 6.31. The lowest BCUT2D eigenvalue weighted by Crippen LogP contribution is -2.39. The van der Waals surface area contributed by atoms with Gasteiger partial charge in [0.2, 0.25) is 6.79 Å². The lowest BCUT2D eigenvalue weighted by Gasteiger charge is -2.27. The Hall–Kier alpha value is -3.10. The number of halogens is 1. The number of aliphatic hydroxyl groups is 1. The van der Waals surface area contributed by atoms with E-state index in [1.807, 2.05) is 72.8 Å². The fraction of sp³-hybridized carbons (Fsp3) is 0.321. The first kappa shape index (κ1) is 24.6. The average molecular weight is 509 g/mol. The maximum atomic E-state index is 10.7. The van der Waals surface area contributed by atoms with E-state index in [4.69, 9.17) is 30.6 Å². The van der Waals surface area contributed by atoms with Crippen LogP contribution in [0.3, 0.4) is 0 Å². The lowest BCUT2D eigenvalue weighted by atomic mass is 10.0. The molecule has 0 amide bonds. The largest absolute Gasteiger partial charge is 0.454 e. The second-order valence-corrected chi connectivity index (χ2v) is 9.38. The molecule has 0 aromatic heterocycles. The summed E-state index contributed by atoms with van der Waals surface area (Å²) in [4.78, 5) is 7.93. The number of hydrogen-bond acceptors (Lipinski definition) is 7. The van der Waals surface area contributed by atoms with Gasteiger partial charge in [0.15, 0.2) is 11.5 Å². The van der Waals surface area contributed by atoms with Gasteiger partial charge in [-0.3, -0.25) is 4.90 Å². The Morgan fingerprint density at radius 2 is 1.83 bits per heavy atom. The molecule has 3 aromatic carbocycles. The molecule has 36 heavy (non-hydrogen) atoms. The minimum absolute atomic E-state index is 0.148. The standard InChI is InChI=1S/C28H29ClN2O5/c29-25-9-5-4-8-22(25)14-31(15-23(32)18-33-17-20-6-2-1-3-7-20)16-24-13-26(30-36-24)21-10-11-27-28(12-21)35-19-34-27/h1-12,23-24,32H,13-19H2/t23-,24+/m1/s1. The Morgan fingerprint density at radius 3 is 2.69 bits per heavy atom. The van der Waals surface area contributed by atoms with Crippen LogP contribution < -0.4 is 9.47 Å². The van der Waals surface area contributed by atoms with E-state index < -0.39 is 6.10 Å². The molecule has 0 unspecified atom stereocenters. The van der Waals surface area contributed by atoms with Gasteiger partial charge in [-0.25, -0.2) is 0 Å². The van der Waals surface area contributed by atoms with Gasteiger partial charge >= 0.3 is 0 Å². The van der Waals surface area contributed by atoms with Gasteiger partial charge in [0.1, 0.15) is 6.10 Å². The summed E-state index contributed by atoms with van der Waals surface area (Å²) in [5.74, 6) is 1.46. The molecule has 2 heterocycles. The van der Waals surface area contributed by atoms with Crippen LogP contribution in [0, 0.1) is 0 Å². The fourth-order valence-electron chi connectivity index (χ4n) is 4.37. The maximum absolute atomic E-state index is 10.7. The van der Waals surface area contributed by atoms with Crippen LogP contribution in [-0.2, 0) is 22.7 Å². The predicted octanol–water partition coefficient (Wildman–Crippen LogP) is 4.64. The first-order valence-electron chi connectivity index (χ1n) is 12.0. The van der Waals surface area contributed by atoms with Crippen molar-refractivity contribution in [1.29, 1.82) is 0 Å². The van der Waals surface area contributed by atoms with Gasteiger partial charge in [0.25, 0.3) is 0 Å². The van der Waals surface area contributed by atoms with Crippen molar-refractivity contribution >= 4 is 17.3 Å². The Labute approximate surface area is 215 Å². The summed E-state index contributed by atoms with van der Waals surface area (Å²) in [6, 6.07) is 23.5. The van der Waals surface area contributed by atoms with Crippen molar-refractivity contribution in [1.82, 2.24) is 4.90 Å². The van der Waals surface area contributed by atoms with Crippen LogP contribution in [0.5, 0.6) is 11.5 Å². The van der Waals surface area contributed by atoms with Crippen molar-refractivity contribution in [3.8, 4) is 11.5 Å². The van der Waals surface area contributed by atoms with Gasteiger partial charge in [-0.1, -0.05) is 65.3 Å². The summed E-state index contributed by atoms with van der Waals surface area (Å²) in [6.45, 7) is 2.50. The van der Waals surface area contributed by atoms with Crippen molar-refractivity contribution in [2.24, 2.45) is 5.16 Å². The molecular formula is C28H29ClN2O5. The molecule has 188 valence electrons. The zero-order valence-corrected chi connectivity index (χ0v) is 20.6. The van der Waals surface area contributed by atoms with E-state index in [0.717, 1.165) is 33.9 Å². The molecule has 0 aliphatic carbocycles. The van der Waals surface area contributed by atoms with E-state index in [9.17, 15) is 5.11 Å². The summed E-state index contributed by atoms with van der Waals surface area (Å²) in [5, 5.41) is 15.8. The van der Waals surface area contributed by atoms with E-state index in [2.05, 4.69) is 10.1 Å². The van der Waals surface area contributed by atoms with E-state index in [1.54, 1.807) is 0 Å². The number of ether oxygens (including phenoxy) is 3. The van der Waals surface area contributed by atoms with Crippen molar-refractivity contribution in [3.63, 3.8) is 0 Å². The molecule has 0 bridgehead atoms. The zero-order valence-electron chi connectivity index (χ0n) is 19.9. The van der Waals surface area contributed by atoms with Crippen LogP contribution in [0.25, 0.3) is 0 Å². The third-order valence-electron chi connectivity index (χ3n) is 6.14. The van der Waals surface area contributed by atoms with Crippen molar-refractivity contribution in [2.45, 2.75) is 31.8 Å². The van der Waals surface area contributed by atoms with Crippen LogP contribution in [0.4, 0.5) is 0 Å². The zero-order chi connectivity index (χ0) is 24.7. The number of fused-ring (bicyclic) bond motifs is 1. The highest BCUT2D eigenvalue weighted by atomic mass is 35.5. The van der Waals surface area contributed by atoms with Gasteiger partial charge in [-0.15, -0.1) is 0 Å². The van der Waals surface area contributed by atoms with E-state index in [0.29, 0.717) is 37.7 Å². The van der Waals surface area contributed by atoms with Crippen molar-refractivity contribution in [3.05, 3.63) is 94.5 Å². The van der Waals surface area contributed by atoms with Crippen LogP contribution in [0.1, 0.15) is 23.1 Å². The SMILES string of the molecule is O[C@@H](COCc1ccccc1)CN(Cc1ccccc1Cl)C[C@@H]1CC(c2ccc3c(c2)OCO3)=NO1. The highest BCUT2D eigenvalue weighted by Crippen LogP contribution is 2.33. The number of oxime groups is 1. The van der Waals surface area contributed by atoms with Crippen LogP contribution >= 0.6 is 11.6 Å². The number of nitrogens with zero attached hydrogens (tertiary/aromatic N) is 2. The summed E-state index contributed by atoms with van der Waals surface area (Å²) >= 11 is 6.43. The number of rotatable bonds is 11. The van der Waals surface area contributed by atoms with E-state index in [1.165, 1.54) is 0 Å². The maximum Gasteiger partial charge on any atom is 0.231 e. The minimum Gasteiger partial charge on any atom is -0.454 e. The fourth-order valence-corrected chi connectivity index (χ4v) is 4.57. The Bertz CT molecular complexity index is 1190. The molecule has 5 rings (SSSR count). The highest BCUT2D eigenvalue weighted by Gasteiger charge is 2.27. The second-order valence-electron chi connectivity index (χ2n) is 8.98. The van der Waals surface area contributed by atoms with Gasteiger partial charge in [-0.05, 0) is 35.4 Å². The molecular weight excluding hydrogens is 480 g/mol. The molecule has 0 fully saturated rings.